The van der Waals surface area contributed by atoms with E-state index in [2.05, 4.69) is 231 Å². The summed E-state index contributed by atoms with van der Waals surface area (Å²) >= 11 is 0. The standard InChI is InChI=1S/C84H72/c1-5-21-55(22-6-1)59-37-41-61(42-38-59)81-71-33-17-19-35-73(71)83(77-47-45-63(53-79(77)81)57-25-9-3-10-26-57)75-51-49-69(65-29-13-15-31-67(65)75)70-50-52-76(68-32-16-14-30-66(68)70)84-74-36-20-18-34-72(74)82(62-43-39-60(40-44-62)56-23-7-2-8-24-56)80-54-64(46-48-78(80)84)58-27-11-4-12-28-58/h1-2,5-7,9,11,13-23,25-37,39,41,43,47-48,53-54,63-64H,3-4,8,10,12,24,38,40,42,44-46,49-52H2. The van der Waals surface area contributed by atoms with Gasteiger partial charge >= 0.3 is 0 Å². The zero-order valence-corrected chi connectivity index (χ0v) is 48.4. The van der Waals surface area contributed by atoms with Crippen LogP contribution < -0.4 is 41.7 Å². The zero-order valence-electron chi connectivity index (χ0n) is 48.4. The molecule has 0 nitrogen and oxygen atoms in total. The predicted molar refractivity (Wildman–Crippen MR) is 358 cm³/mol. The average molecular weight is 1080 g/mol. The first-order valence-corrected chi connectivity index (χ1v) is 31.8. The number of rotatable bonds is 9. The first kappa shape index (κ1) is 51.1. The third kappa shape index (κ3) is 8.95. The van der Waals surface area contributed by atoms with E-state index in [0.717, 1.165) is 103 Å². The molecule has 0 N–H and O–H groups in total. The van der Waals surface area contributed by atoms with Crippen molar-refractivity contribution in [1.29, 1.82) is 0 Å². The fraction of sp³-hybridized carbons (Fsp3) is 0.214. The Hall–Kier alpha value is -8.58. The van der Waals surface area contributed by atoms with Gasteiger partial charge in [0, 0.05) is 11.8 Å². The van der Waals surface area contributed by atoms with Crippen LogP contribution in [0.25, 0.3) is 84.9 Å². The van der Waals surface area contributed by atoms with Gasteiger partial charge in [-0.1, -0.05) is 231 Å². The van der Waals surface area contributed by atoms with E-state index in [1.165, 1.54) is 152 Å². The summed E-state index contributed by atoms with van der Waals surface area (Å²) in [6.45, 7) is 0. The Morgan fingerprint density at radius 2 is 0.702 bits per heavy atom. The van der Waals surface area contributed by atoms with Crippen molar-refractivity contribution in [1.82, 2.24) is 0 Å². The van der Waals surface area contributed by atoms with Gasteiger partial charge in [-0.15, -0.1) is 0 Å². The SMILES string of the molecule is C1=CCCC(C2=CC=C(c3c4c(c(C5=c6ccccc6=C(C6=c7ccccc7=C(c7c8c(c(C9=CC=C(c%10ccccc%10)CC9)c9ccccc79)=CC(C7=CCCC=C7)CC=8)CC6)CC5)c5ccccc35)=CCC(C3=CCCC=C3)C=4)CC2)=C1. The van der Waals surface area contributed by atoms with Crippen molar-refractivity contribution in [3.05, 3.63) is 298 Å². The van der Waals surface area contributed by atoms with Gasteiger partial charge in [-0.25, -0.2) is 0 Å². The summed E-state index contributed by atoms with van der Waals surface area (Å²) < 4.78 is 0. The van der Waals surface area contributed by atoms with Gasteiger partial charge in [-0.05, 0) is 255 Å². The minimum absolute atomic E-state index is 0.364. The van der Waals surface area contributed by atoms with Gasteiger partial charge in [0.2, 0.25) is 0 Å². The molecule has 7 aromatic rings. The molecule has 0 heterocycles. The van der Waals surface area contributed by atoms with E-state index in [-0.39, 0.29) is 0 Å². The molecule has 2 atom stereocenters. The van der Waals surface area contributed by atoms with Gasteiger partial charge < -0.3 is 0 Å². The van der Waals surface area contributed by atoms with E-state index >= 15 is 0 Å². The second-order valence-electron chi connectivity index (χ2n) is 24.8. The molecular weight excluding hydrogens is 1010 g/mol. The van der Waals surface area contributed by atoms with Crippen molar-refractivity contribution in [2.24, 2.45) is 11.8 Å². The smallest absolute Gasteiger partial charge is 0.00589 e. The van der Waals surface area contributed by atoms with Gasteiger partial charge in [0.05, 0.1) is 0 Å². The fourth-order valence-electron chi connectivity index (χ4n) is 16.3. The van der Waals surface area contributed by atoms with Gasteiger partial charge in [0.15, 0.2) is 0 Å². The molecule has 7 aromatic carbocycles. The van der Waals surface area contributed by atoms with E-state index in [4.69, 9.17) is 0 Å². The Morgan fingerprint density at radius 3 is 1.15 bits per heavy atom. The second-order valence-corrected chi connectivity index (χ2v) is 24.8. The van der Waals surface area contributed by atoms with Gasteiger partial charge in [-0.2, -0.15) is 0 Å². The van der Waals surface area contributed by atoms with Crippen molar-refractivity contribution < 1.29 is 0 Å². The van der Waals surface area contributed by atoms with Crippen LogP contribution in [0.2, 0.25) is 0 Å². The van der Waals surface area contributed by atoms with Crippen LogP contribution in [0, 0.1) is 11.8 Å². The lowest BCUT2D eigenvalue weighted by Gasteiger charge is -2.28. The Bertz CT molecular complexity index is 4860. The van der Waals surface area contributed by atoms with E-state index in [1.807, 2.05) is 0 Å². The second kappa shape index (κ2) is 21.9. The normalized spacial score (nSPS) is 20.7. The van der Waals surface area contributed by atoms with Crippen LogP contribution >= 0.6 is 0 Å². The largest absolute Gasteiger partial charge is 0.0842 e. The van der Waals surface area contributed by atoms with Crippen molar-refractivity contribution in [2.75, 3.05) is 0 Å². The van der Waals surface area contributed by atoms with Gasteiger partial charge in [0.25, 0.3) is 0 Å². The van der Waals surface area contributed by atoms with E-state index in [0.29, 0.717) is 11.8 Å². The third-order valence-electron chi connectivity index (χ3n) is 20.3. The molecule has 9 aliphatic rings. The Morgan fingerprint density at radius 1 is 0.286 bits per heavy atom. The maximum absolute atomic E-state index is 2.69. The summed E-state index contributed by atoms with van der Waals surface area (Å²) in [6.07, 6.45) is 59.1. The van der Waals surface area contributed by atoms with Gasteiger partial charge in [-0.3, -0.25) is 0 Å². The lowest BCUT2D eigenvalue weighted by atomic mass is 9.76. The summed E-state index contributed by atoms with van der Waals surface area (Å²) in [5, 5.41) is 17.0. The maximum atomic E-state index is 2.69. The first-order valence-electron chi connectivity index (χ1n) is 31.8. The molecule has 0 saturated heterocycles. The van der Waals surface area contributed by atoms with Gasteiger partial charge in [0.1, 0.15) is 0 Å². The molecule has 16 rings (SSSR count). The van der Waals surface area contributed by atoms with Crippen LogP contribution in [0.15, 0.2) is 229 Å². The summed E-state index contributed by atoms with van der Waals surface area (Å²) in [5.74, 6) is 0.735. The summed E-state index contributed by atoms with van der Waals surface area (Å²) in [7, 11) is 0. The lowest BCUT2D eigenvalue weighted by Crippen LogP contribution is -2.41. The maximum Gasteiger partial charge on any atom is 0.00589 e. The van der Waals surface area contributed by atoms with Crippen molar-refractivity contribution in [2.45, 2.75) is 103 Å². The lowest BCUT2D eigenvalue weighted by molar-refractivity contribution is 0.827. The molecular formula is C84H72. The number of benzene rings is 7. The van der Waals surface area contributed by atoms with Crippen molar-refractivity contribution in [3.8, 4) is 0 Å². The van der Waals surface area contributed by atoms with Crippen molar-refractivity contribution in [3.63, 3.8) is 0 Å². The van der Waals surface area contributed by atoms with Crippen molar-refractivity contribution >= 4 is 84.9 Å². The highest BCUT2D eigenvalue weighted by atomic mass is 14.3. The van der Waals surface area contributed by atoms with Crippen LogP contribution in [0.4, 0.5) is 0 Å². The highest BCUT2D eigenvalue weighted by Crippen LogP contribution is 2.41. The number of hydrogen-bond donors (Lipinski definition) is 0. The fourth-order valence-corrected chi connectivity index (χ4v) is 16.3. The summed E-state index contributed by atoms with van der Waals surface area (Å²) in [6, 6.07) is 49.0. The predicted octanol–water partition coefficient (Wildman–Crippen LogP) is 15.3. The molecule has 2 unspecified atom stereocenters. The van der Waals surface area contributed by atoms with Crippen LogP contribution in [-0.4, -0.2) is 0 Å². The average Bonchev–Trinajstić information content (AvgIpc) is 1.33. The number of allylic oxidation sites excluding steroid dienone is 20. The minimum Gasteiger partial charge on any atom is -0.0842 e. The number of hydrogen-bond acceptors (Lipinski definition) is 0. The van der Waals surface area contributed by atoms with Crippen LogP contribution in [0.5, 0.6) is 0 Å². The van der Waals surface area contributed by atoms with E-state index in [9.17, 15) is 0 Å². The Kier molecular flexibility index (Phi) is 13.3. The Balaban J connectivity index is 0.904. The monoisotopic (exact) mass is 1080 g/mol. The van der Waals surface area contributed by atoms with Crippen LogP contribution in [-0.2, 0) is 0 Å². The Labute approximate surface area is 494 Å². The molecule has 0 fully saturated rings. The molecule has 0 spiro atoms. The molecule has 0 heteroatoms. The molecule has 0 aliphatic heterocycles. The molecule has 9 aliphatic carbocycles. The topological polar surface area (TPSA) is 0 Å². The quantitative estimate of drug-likeness (QED) is 0.135. The molecule has 84 heavy (non-hydrogen) atoms. The molecule has 0 radical (unpaired) electrons. The third-order valence-corrected chi connectivity index (χ3v) is 20.3. The van der Waals surface area contributed by atoms with E-state index in [1.54, 1.807) is 0 Å². The zero-order chi connectivity index (χ0) is 55.5. The summed E-state index contributed by atoms with van der Waals surface area (Å²) in [4.78, 5) is 0. The number of fused-ring (bicyclic) bond motifs is 6. The first-order chi connectivity index (χ1) is 41.7. The van der Waals surface area contributed by atoms with Crippen LogP contribution in [0.3, 0.4) is 0 Å². The highest BCUT2D eigenvalue weighted by Gasteiger charge is 2.29. The molecule has 0 amide bonds. The molecule has 0 bridgehead atoms. The van der Waals surface area contributed by atoms with Crippen LogP contribution in [0.1, 0.15) is 131 Å². The molecule has 0 aromatic heterocycles. The molecule has 0 saturated carbocycles. The summed E-state index contributed by atoms with van der Waals surface area (Å²) in [5.41, 5.74) is 23.6. The minimum atomic E-state index is 0.364. The van der Waals surface area contributed by atoms with E-state index < -0.39 is 0 Å². The molecule has 408 valence electrons. The highest BCUT2D eigenvalue weighted by molar-refractivity contribution is 6.05.